The van der Waals surface area contributed by atoms with Crippen LogP contribution in [0.1, 0.15) is 40.0 Å². The number of aliphatic hydroxyl groups excluding tert-OH is 1. The molecule has 0 spiro atoms. The first-order valence-corrected chi connectivity index (χ1v) is 10.1. The molecule has 0 saturated heterocycles. The van der Waals surface area contributed by atoms with E-state index in [2.05, 4.69) is 20.6 Å². The summed E-state index contributed by atoms with van der Waals surface area (Å²) in [5.41, 5.74) is 0.107. The third kappa shape index (κ3) is 5.88. The Labute approximate surface area is 180 Å². The van der Waals surface area contributed by atoms with E-state index in [1.165, 1.54) is 6.07 Å². The second-order valence-corrected chi connectivity index (χ2v) is 8.49. The zero-order valence-electron chi connectivity index (χ0n) is 17.7. The molecule has 0 unspecified atom stereocenters. The van der Waals surface area contributed by atoms with Crippen molar-refractivity contribution in [3.05, 3.63) is 46.8 Å². The Bertz CT molecular complexity index is 932. The minimum atomic E-state index is -0.947. The van der Waals surface area contributed by atoms with Crippen LogP contribution in [0.3, 0.4) is 0 Å². The Kier molecular flexibility index (Phi) is 6.69. The van der Waals surface area contributed by atoms with Crippen LogP contribution in [0.15, 0.2) is 36.7 Å². The number of anilines is 1. The third-order valence-corrected chi connectivity index (χ3v) is 4.92. The van der Waals surface area contributed by atoms with Gasteiger partial charge in [0.2, 0.25) is 0 Å². The van der Waals surface area contributed by atoms with E-state index in [0.29, 0.717) is 24.2 Å². The fourth-order valence-corrected chi connectivity index (χ4v) is 3.55. The van der Waals surface area contributed by atoms with Crippen LogP contribution in [0.4, 0.5) is 16.2 Å². The fraction of sp³-hybridized carbons (Fsp3) is 0.476. The Hall–Kier alpha value is -3.27. The molecule has 0 bridgehead atoms. The van der Waals surface area contributed by atoms with Crippen molar-refractivity contribution in [3.63, 3.8) is 0 Å². The number of hydrogen-bond acceptors (Lipinski definition) is 8. The Balaban J connectivity index is 1.78. The van der Waals surface area contributed by atoms with E-state index in [-0.39, 0.29) is 11.4 Å². The molecule has 3 N–H and O–H groups in total. The molecular weight excluding hydrogens is 402 g/mol. The summed E-state index contributed by atoms with van der Waals surface area (Å²) in [4.78, 5) is 31.5. The zero-order chi connectivity index (χ0) is 22.6. The molecule has 1 aromatic carbocycles. The van der Waals surface area contributed by atoms with E-state index in [1.54, 1.807) is 51.4 Å². The lowest BCUT2D eigenvalue weighted by atomic mass is 9.88. The maximum Gasteiger partial charge on any atom is 0.407 e. The number of nitro benzene ring substituents is 1. The third-order valence-electron chi connectivity index (χ3n) is 4.92. The van der Waals surface area contributed by atoms with Crippen molar-refractivity contribution in [1.29, 1.82) is 0 Å². The zero-order valence-corrected chi connectivity index (χ0v) is 17.7. The number of carbonyl (C=O) groups is 1. The summed E-state index contributed by atoms with van der Waals surface area (Å²) in [5, 5.41) is 28.2. The molecule has 10 heteroatoms. The van der Waals surface area contributed by atoms with Gasteiger partial charge in [-0.1, -0.05) is 0 Å². The van der Waals surface area contributed by atoms with Crippen molar-refractivity contribution in [3.8, 4) is 11.4 Å². The van der Waals surface area contributed by atoms with Gasteiger partial charge in [0, 0.05) is 24.0 Å². The lowest BCUT2D eigenvalue weighted by Gasteiger charge is -2.36. The highest BCUT2D eigenvalue weighted by Crippen LogP contribution is 2.32. The number of ether oxygens (including phenoxy) is 1. The summed E-state index contributed by atoms with van der Waals surface area (Å²) in [6.45, 7) is 5.28. The van der Waals surface area contributed by atoms with E-state index < -0.39 is 34.8 Å². The van der Waals surface area contributed by atoms with Gasteiger partial charge in [0.1, 0.15) is 11.3 Å². The molecule has 1 aliphatic rings. The van der Waals surface area contributed by atoms with Crippen molar-refractivity contribution in [2.75, 3.05) is 5.32 Å². The number of nitro groups is 1. The summed E-state index contributed by atoms with van der Waals surface area (Å²) in [6.07, 6.45) is 3.53. The summed E-state index contributed by atoms with van der Waals surface area (Å²) in [7, 11) is 0. The number of rotatable bonds is 5. The van der Waals surface area contributed by atoms with Crippen LogP contribution in [0.5, 0.6) is 0 Å². The highest BCUT2D eigenvalue weighted by atomic mass is 16.6. The van der Waals surface area contributed by atoms with E-state index in [4.69, 9.17) is 4.74 Å². The van der Waals surface area contributed by atoms with E-state index in [0.717, 1.165) is 6.42 Å². The number of carbonyl (C=O) groups excluding carboxylic acids is 1. The monoisotopic (exact) mass is 429 g/mol. The van der Waals surface area contributed by atoms with Gasteiger partial charge in [-0.15, -0.1) is 0 Å². The van der Waals surface area contributed by atoms with Gasteiger partial charge in [0.25, 0.3) is 5.69 Å². The number of amides is 1. The van der Waals surface area contributed by atoms with Gasteiger partial charge in [-0.2, -0.15) is 0 Å². The molecule has 0 radical (unpaired) electrons. The van der Waals surface area contributed by atoms with E-state index in [9.17, 15) is 20.0 Å². The van der Waals surface area contributed by atoms with Crippen molar-refractivity contribution >= 4 is 17.5 Å². The van der Waals surface area contributed by atoms with Gasteiger partial charge >= 0.3 is 6.09 Å². The first kappa shape index (κ1) is 22.4. The van der Waals surface area contributed by atoms with Gasteiger partial charge in [-0.3, -0.25) is 10.1 Å². The molecule has 2 aromatic rings. The maximum absolute atomic E-state index is 12.1. The molecule has 1 amide bonds. The van der Waals surface area contributed by atoms with Crippen molar-refractivity contribution in [2.24, 2.45) is 0 Å². The maximum atomic E-state index is 12.1. The summed E-state index contributed by atoms with van der Waals surface area (Å²) >= 11 is 0. The van der Waals surface area contributed by atoms with Gasteiger partial charge in [-0.05, 0) is 58.2 Å². The average molecular weight is 429 g/mol. The van der Waals surface area contributed by atoms with E-state index in [1.807, 2.05) is 0 Å². The lowest BCUT2D eigenvalue weighted by molar-refractivity contribution is -0.384. The molecule has 1 heterocycles. The minimum absolute atomic E-state index is 0.117. The van der Waals surface area contributed by atoms with Crippen LogP contribution in [-0.2, 0) is 4.74 Å². The number of nitrogens with zero attached hydrogens (tertiary/aromatic N) is 3. The largest absolute Gasteiger partial charge is 0.444 e. The Morgan fingerprint density at radius 1 is 1.23 bits per heavy atom. The highest BCUT2D eigenvalue weighted by Gasteiger charge is 2.35. The Morgan fingerprint density at radius 2 is 1.90 bits per heavy atom. The molecule has 166 valence electrons. The Morgan fingerprint density at radius 3 is 2.55 bits per heavy atom. The molecule has 10 nitrogen and oxygen atoms in total. The molecule has 3 atom stereocenters. The molecule has 0 aliphatic heterocycles. The van der Waals surface area contributed by atoms with Crippen LogP contribution in [-0.4, -0.2) is 49.9 Å². The summed E-state index contributed by atoms with van der Waals surface area (Å²) in [5.74, 6) is 0.439. The smallest absolute Gasteiger partial charge is 0.407 e. The van der Waals surface area contributed by atoms with Crippen LogP contribution >= 0.6 is 0 Å². The number of nitrogens with one attached hydrogen (secondary N) is 2. The number of hydrogen-bond donors (Lipinski definition) is 3. The second kappa shape index (κ2) is 9.25. The predicted molar refractivity (Wildman–Crippen MR) is 115 cm³/mol. The van der Waals surface area contributed by atoms with Gasteiger partial charge in [0.05, 0.1) is 23.1 Å². The first-order valence-electron chi connectivity index (χ1n) is 10.1. The van der Waals surface area contributed by atoms with Crippen molar-refractivity contribution in [2.45, 2.75) is 63.8 Å². The minimum Gasteiger partial charge on any atom is -0.444 e. The summed E-state index contributed by atoms with van der Waals surface area (Å²) in [6, 6.07) is 5.25. The number of aliphatic hydroxyl groups is 1. The van der Waals surface area contributed by atoms with Crippen molar-refractivity contribution in [1.82, 2.24) is 15.3 Å². The quantitative estimate of drug-likeness (QED) is 0.486. The first-order chi connectivity index (χ1) is 14.6. The molecule has 1 saturated carbocycles. The second-order valence-electron chi connectivity index (χ2n) is 8.49. The van der Waals surface area contributed by atoms with Crippen LogP contribution in [0.25, 0.3) is 11.4 Å². The summed E-state index contributed by atoms with van der Waals surface area (Å²) < 4.78 is 5.27. The van der Waals surface area contributed by atoms with Gasteiger partial charge in [-0.25, -0.2) is 14.8 Å². The van der Waals surface area contributed by atoms with Crippen LogP contribution in [0.2, 0.25) is 0 Å². The van der Waals surface area contributed by atoms with E-state index >= 15 is 0 Å². The van der Waals surface area contributed by atoms with Crippen LogP contribution in [0, 0.1) is 10.1 Å². The molecule has 1 fully saturated rings. The van der Waals surface area contributed by atoms with Crippen molar-refractivity contribution < 1.29 is 19.6 Å². The standard InChI is InChI=1S/C21H27N5O5/c1-21(2,3)31-20(28)25-15-7-4-6-14(18(15)27)24-16-12-13(8-9-17(16)26(29)30)19-22-10-5-11-23-19/h5,8-12,14-15,18,24,27H,4,6-7H2,1-3H3,(H,25,28)/t14-,15+,18+/m1/s1. The molecular formula is C21H27N5O5. The number of aromatic nitrogens is 2. The SMILES string of the molecule is CC(C)(C)OC(=O)N[C@H]1CCC[C@@H](Nc2cc(-c3ncccn3)ccc2[N+](=O)[O-])[C@@H]1O. The number of benzene rings is 1. The topological polar surface area (TPSA) is 140 Å². The predicted octanol–water partition coefficient (Wildman–Crippen LogP) is 3.27. The van der Waals surface area contributed by atoms with Gasteiger partial charge < -0.3 is 20.5 Å². The average Bonchev–Trinajstić information content (AvgIpc) is 2.70. The van der Waals surface area contributed by atoms with Crippen LogP contribution < -0.4 is 10.6 Å². The molecule has 31 heavy (non-hydrogen) atoms. The number of alkyl carbamates (subject to hydrolysis) is 1. The normalized spacial score (nSPS) is 21.2. The lowest BCUT2D eigenvalue weighted by Crippen LogP contribution is -2.54. The molecule has 1 aromatic heterocycles. The highest BCUT2D eigenvalue weighted by molar-refractivity contribution is 5.71. The fourth-order valence-electron chi connectivity index (χ4n) is 3.55. The van der Waals surface area contributed by atoms with Gasteiger partial charge in [0.15, 0.2) is 5.82 Å². The molecule has 3 rings (SSSR count). The molecule has 1 aliphatic carbocycles.